The smallest absolute Gasteiger partial charge is 0.199 e. The summed E-state index contributed by atoms with van der Waals surface area (Å²) in [5.41, 5.74) is 3.07. The zero-order valence-electron chi connectivity index (χ0n) is 15.6. The second kappa shape index (κ2) is 6.80. The van der Waals surface area contributed by atoms with Crippen LogP contribution in [0.5, 0.6) is 11.6 Å². The van der Waals surface area contributed by atoms with E-state index in [2.05, 4.69) is 20.1 Å². The highest BCUT2D eigenvalue weighted by Crippen LogP contribution is 2.36. The van der Waals surface area contributed by atoms with Crippen LogP contribution in [0.4, 0.5) is 10.1 Å². The van der Waals surface area contributed by atoms with Gasteiger partial charge in [-0.1, -0.05) is 6.07 Å². The number of H-pyrrole nitrogens is 1. The third kappa shape index (κ3) is 2.98. The van der Waals surface area contributed by atoms with Crippen LogP contribution in [-0.4, -0.2) is 37.7 Å². The lowest BCUT2D eigenvalue weighted by molar-refractivity contribution is 0.413. The van der Waals surface area contributed by atoms with Crippen LogP contribution >= 0.6 is 0 Å². The Morgan fingerprint density at radius 3 is 2.86 bits per heavy atom. The number of pyridine rings is 1. The minimum Gasteiger partial charge on any atom is -0.496 e. The number of fused-ring (bicyclic) bond motifs is 1. The largest absolute Gasteiger partial charge is 0.496 e. The van der Waals surface area contributed by atoms with Crippen molar-refractivity contribution in [2.75, 3.05) is 7.11 Å². The van der Waals surface area contributed by atoms with Crippen LogP contribution in [0.2, 0.25) is 0 Å². The Morgan fingerprint density at radius 1 is 1.32 bits per heavy atom. The van der Waals surface area contributed by atoms with Crippen molar-refractivity contribution in [2.24, 2.45) is 12.0 Å². The number of aromatic nitrogens is 4. The average Bonchev–Trinajstić information content (AvgIpc) is 3.22. The Bertz CT molecular complexity index is 1210. The lowest BCUT2D eigenvalue weighted by atomic mass is 10.0. The van der Waals surface area contributed by atoms with Gasteiger partial charge in [-0.15, -0.1) is 0 Å². The standard InChI is InChI=1S/C20H18FN5O2/c1-11(24-13-9-23-26(2)10-13)17-14-7-12(8-22-19(14)25-20(17)27)18-15(21)5-4-6-16(18)28-3/h4-10,27H,1-3H3,(H,22,25). The molecule has 2 N–H and O–H groups in total. The number of hydrogen-bond donors (Lipinski definition) is 2. The van der Waals surface area contributed by atoms with Crippen LogP contribution in [0, 0.1) is 5.82 Å². The quantitative estimate of drug-likeness (QED) is 0.526. The summed E-state index contributed by atoms with van der Waals surface area (Å²) in [4.78, 5) is 11.7. The topological polar surface area (TPSA) is 88.3 Å². The molecule has 0 bridgehead atoms. The fourth-order valence-electron chi connectivity index (χ4n) is 3.23. The number of nitrogens with one attached hydrogen (secondary N) is 1. The predicted octanol–water partition coefficient (Wildman–Crippen LogP) is 3.96. The summed E-state index contributed by atoms with van der Waals surface area (Å²) in [5, 5.41) is 15.1. The maximum absolute atomic E-state index is 14.5. The number of nitrogens with zero attached hydrogens (tertiary/aromatic N) is 4. The number of aromatic hydroxyl groups is 1. The number of aromatic amines is 1. The van der Waals surface area contributed by atoms with Gasteiger partial charge >= 0.3 is 0 Å². The van der Waals surface area contributed by atoms with Gasteiger partial charge in [0.15, 0.2) is 5.88 Å². The van der Waals surface area contributed by atoms with Crippen LogP contribution < -0.4 is 4.74 Å². The van der Waals surface area contributed by atoms with Gasteiger partial charge in [0, 0.05) is 24.2 Å². The maximum Gasteiger partial charge on any atom is 0.199 e. The highest BCUT2D eigenvalue weighted by atomic mass is 19.1. The summed E-state index contributed by atoms with van der Waals surface area (Å²) in [5.74, 6) is -0.0592. The first kappa shape index (κ1) is 17.7. The van der Waals surface area contributed by atoms with E-state index in [1.54, 1.807) is 49.2 Å². The third-order valence-corrected chi connectivity index (χ3v) is 4.46. The second-order valence-corrected chi connectivity index (χ2v) is 6.36. The number of hydrogen-bond acceptors (Lipinski definition) is 5. The average molecular weight is 379 g/mol. The van der Waals surface area contributed by atoms with Gasteiger partial charge in [-0.2, -0.15) is 5.10 Å². The molecule has 28 heavy (non-hydrogen) atoms. The highest BCUT2D eigenvalue weighted by Gasteiger charge is 2.18. The molecule has 7 nitrogen and oxygen atoms in total. The molecule has 0 aliphatic carbocycles. The Kier molecular flexibility index (Phi) is 4.31. The first-order valence-electron chi connectivity index (χ1n) is 8.55. The molecule has 4 rings (SSSR count). The Labute approximate surface area is 160 Å². The molecule has 0 atom stereocenters. The van der Waals surface area contributed by atoms with Crippen molar-refractivity contribution in [2.45, 2.75) is 6.92 Å². The summed E-state index contributed by atoms with van der Waals surface area (Å²) in [6.07, 6.45) is 4.93. The predicted molar refractivity (Wildman–Crippen MR) is 105 cm³/mol. The van der Waals surface area contributed by atoms with E-state index < -0.39 is 5.82 Å². The lowest BCUT2D eigenvalue weighted by Crippen LogP contribution is -1.95. The molecular weight excluding hydrogens is 361 g/mol. The van der Waals surface area contributed by atoms with E-state index in [1.165, 1.54) is 19.4 Å². The molecule has 0 spiro atoms. The Morgan fingerprint density at radius 2 is 2.14 bits per heavy atom. The maximum atomic E-state index is 14.5. The second-order valence-electron chi connectivity index (χ2n) is 6.36. The summed E-state index contributed by atoms with van der Waals surface area (Å²) in [6, 6.07) is 6.40. The van der Waals surface area contributed by atoms with Gasteiger partial charge in [-0.05, 0) is 25.1 Å². The molecule has 0 saturated heterocycles. The van der Waals surface area contributed by atoms with E-state index >= 15 is 0 Å². The number of rotatable bonds is 4. The van der Waals surface area contributed by atoms with E-state index in [-0.39, 0.29) is 5.88 Å². The fraction of sp³-hybridized carbons (Fsp3) is 0.150. The van der Waals surface area contributed by atoms with E-state index in [4.69, 9.17) is 4.74 Å². The molecule has 8 heteroatoms. The van der Waals surface area contributed by atoms with Crippen LogP contribution in [-0.2, 0) is 7.05 Å². The van der Waals surface area contributed by atoms with Crippen molar-refractivity contribution < 1.29 is 14.2 Å². The molecule has 0 unspecified atom stereocenters. The molecule has 3 heterocycles. The summed E-state index contributed by atoms with van der Waals surface area (Å²) < 4.78 is 21.4. The first-order chi connectivity index (χ1) is 13.5. The van der Waals surface area contributed by atoms with Crippen LogP contribution in [0.25, 0.3) is 22.2 Å². The summed E-state index contributed by atoms with van der Waals surface area (Å²) >= 11 is 0. The van der Waals surface area contributed by atoms with Crippen molar-refractivity contribution in [1.29, 1.82) is 0 Å². The minimum atomic E-state index is -0.414. The molecule has 0 aliphatic heterocycles. The molecule has 0 saturated carbocycles. The summed E-state index contributed by atoms with van der Waals surface area (Å²) in [6.45, 7) is 1.78. The molecule has 1 aromatic carbocycles. The van der Waals surface area contributed by atoms with Crippen molar-refractivity contribution in [3.05, 3.63) is 54.2 Å². The lowest BCUT2D eigenvalue weighted by Gasteiger charge is -2.09. The van der Waals surface area contributed by atoms with Crippen LogP contribution in [0.1, 0.15) is 12.5 Å². The Balaban J connectivity index is 1.89. The molecule has 0 aliphatic rings. The number of methoxy groups -OCH3 is 1. The van der Waals surface area contributed by atoms with Crippen molar-refractivity contribution >= 4 is 22.4 Å². The van der Waals surface area contributed by atoms with E-state index in [0.29, 0.717) is 44.9 Å². The van der Waals surface area contributed by atoms with Gasteiger partial charge in [-0.3, -0.25) is 4.68 Å². The highest BCUT2D eigenvalue weighted by molar-refractivity contribution is 6.12. The van der Waals surface area contributed by atoms with E-state index in [9.17, 15) is 9.50 Å². The SMILES string of the molecule is COc1cccc(F)c1-c1cnc2[nH]c(O)c(C(C)=Nc3cnn(C)c3)c2c1. The minimum absolute atomic E-state index is 0.0507. The van der Waals surface area contributed by atoms with Crippen LogP contribution in [0.3, 0.4) is 0 Å². The Hall–Kier alpha value is -3.68. The number of benzene rings is 1. The molecule has 3 aromatic heterocycles. The normalized spacial score (nSPS) is 11.9. The van der Waals surface area contributed by atoms with Gasteiger partial charge < -0.3 is 14.8 Å². The summed E-state index contributed by atoms with van der Waals surface area (Å²) in [7, 11) is 3.29. The van der Waals surface area contributed by atoms with Crippen LogP contribution in [0.15, 0.2) is 47.8 Å². The zero-order chi connectivity index (χ0) is 19.8. The van der Waals surface area contributed by atoms with Gasteiger partial charge in [0.2, 0.25) is 0 Å². The monoisotopic (exact) mass is 379 g/mol. The molecular formula is C20H18FN5O2. The van der Waals surface area contributed by atoms with Crippen molar-refractivity contribution in [3.63, 3.8) is 0 Å². The first-order valence-corrected chi connectivity index (χ1v) is 8.55. The van der Waals surface area contributed by atoms with E-state index in [0.717, 1.165) is 0 Å². The van der Waals surface area contributed by atoms with Gasteiger partial charge in [0.25, 0.3) is 0 Å². The molecule has 4 aromatic rings. The zero-order valence-corrected chi connectivity index (χ0v) is 15.6. The number of aliphatic imine (C=N–C) groups is 1. The number of ether oxygens (including phenoxy) is 1. The van der Waals surface area contributed by atoms with Gasteiger partial charge in [0.05, 0.1) is 36.3 Å². The third-order valence-electron chi connectivity index (χ3n) is 4.46. The molecule has 0 radical (unpaired) electrons. The number of halogens is 1. The molecule has 142 valence electrons. The fourth-order valence-corrected chi connectivity index (χ4v) is 3.23. The van der Waals surface area contributed by atoms with E-state index in [1.807, 2.05) is 0 Å². The molecule has 0 fully saturated rings. The van der Waals surface area contributed by atoms with Crippen molar-refractivity contribution in [1.82, 2.24) is 19.7 Å². The number of aryl methyl sites for hydroxylation is 1. The van der Waals surface area contributed by atoms with Gasteiger partial charge in [0.1, 0.15) is 22.9 Å². The van der Waals surface area contributed by atoms with Gasteiger partial charge in [-0.25, -0.2) is 14.4 Å². The van der Waals surface area contributed by atoms with Crippen molar-refractivity contribution in [3.8, 4) is 22.8 Å². The molecule has 0 amide bonds.